The van der Waals surface area contributed by atoms with E-state index in [2.05, 4.69) is 26.1 Å². The van der Waals surface area contributed by atoms with E-state index >= 15 is 0 Å². The Kier molecular flexibility index (Phi) is 5.03. The molecule has 0 saturated heterocycles. The van der Waals surface area contributed by atoms with Crippen molar-refractivity contribution < 1.29 is 9.52 Å². The van der Waals surface area contributed by atoms with Gasteiger partial charge in [-0.3, -0.25) is 0 Å². The Labute approximate surface area is 97.9 Å². The van der Waals surface area contributed by atoms with E-state index in [1.165, 1.54) is 0 Å². The van der Waals surface area contributed by atoms with Gasteiger partial charge in [-0.2, -0.15) is 0 Å². The summed E-state index contributed by atoms with van der Waals surface area (Å²) < 4.78 is 5.34. The number of hydrogen-bond acceptors (Lipinski definition) is 3. The molecule has 1 aromatic heterocycles. The van der Waals surface area contributed by atoms with E-state index in [0.29, 0.717) is 0 Å². The Balaban J connectivity index is 2.49. The number of furan rings is 1. The molecule has 0 radical (unpaired) electrons. The lowest BCUT2D eigenvalue weighted by atomic mass is 9.83. The second-order valence-corrected chi connectivity index (χ2v) is 4.48. The van der Waals surface area contributed by atoms with Gasteiger partial charge in [0.05, 0.1) is 12.3 Å². The van der Waals surface area contributed by atoms with Gasteiger partial charge in [0.25, 0.3) is 0 Å². The molecule has 0 amide bonds. The van der Waals surface area contributed by atoms with E-state index < -0.39 is 0 Å². The molecule has 0 aliphatic heterocycles. The quantitative estimate of drug-likeness (QED) is 0.750. The van der Waals surface area contributed by atoms with Crippen molar-refractivity contribution in [1.82, 2.24) is 5.32 Å². The van der Waals surface area contributed by atoms with Gasteiger partial charge in [0.1, 0.15) is 5.76 Å². The first kappa shape index (κ1) is 13.3. The lowest BCUT2D eigenvalue weighted by molar-refractivity contribution is 0.109. The third-order valence-electron chi connectivity index (χ3n) is 3.59. The summed E-state index contributed by atoms with van der Waals surface area (Å²) in [5, 5.41) is 12.9. The molecule has 3 heteroatoms. The van der Waals surface area contributed by atoms with Gasteiger partial charge in [-0.1, -0.05) is 13.8 Å². The fraction of sp³-hybridized carbons (Fsp3) is 0.692. The maximum Gasteiger partial charge on any atom is 0.120 e. The molecule has 0 spiro atoms. The molecule has 0 bridgehead atoms. The van der Waals surface area contributed by atoms with Crippen molar-refractivity contribution >= 4 is 0 Å². The molecular formula is C13H23NO2. The molecule has 0 fully saturated rings. The Bertz CT molecular complexity index is 270. The van der Waals surface area contributed by atoms with Crippen LogP contribution in [0.5, 0.6) is 0 Å². The van der Waals surface area contributed by atoms with Gasteiger partial charge in [-0.05, 0) is 31.9 Å². The zero-order valence-electron chi connectivity index (χ0n) is 10.5. The number of aliphatic hydroxyl groups is 1. The average molecular weight is 225 g/mol. The normalized spacial score (nSPS) is 14.0. The predicted octanol–water partition coefficient (Wildman–Crippen LogP) is 2.73. The molecule has 2 N–H and O–H groups in total. The van der Waals surface area contributed by atoms with Crippen LogP contribution in [0, 0.1) is 5.41 Å². The van der Waals surface area contributed by atoms with Crippen LogP contribution >= 0.6 is 0 Å². The van der Waals surface area contributed by atoms with Gasteiger partial charge in [0.15, 0.2) is 0 Å². The second-order valence-electron chi connectivity index (χ2n) is 4.48. The summed E-state index contributed by atoms with van der Waals surface area (Å²) in [6.07, 6.45) is 3.65. The lowest BCUT2D eigenvalue weighted by Gasteiger charge is -2.30. The van der Waals surface area contributed by atoms with Crippen LogP contribution in [0.1, 0.15) is 45.4 Å². The third kappa shape index (κ3) is 3.09. The summed E-state index contributed by atoms with van der Waals surface area (Å²) in [6, 6.07) is 4.06. The third-order valence-corrected chi connectivity index (χ3v) is 3.59. The zero-order valence-corrected chi connectivity index (χ0v) is 10.5. The van der Waals surface area contributed by atoms with Gasteiger partial charge in [-0.25, -0.2) is 0 Å². The molecule has 1 aromatic rings. The highest BCUT2D eigenvalue weighted by atomic mass is 16.3. The van der Waals surface area contributed by atoms with Crippen molar-refractivity contribution in [3.05, 3.63) is 24.2 Å². The maximum atomic E-state index is 9.46. The van der Waals surface area contributed by atoms with Crippen LogP contribution in [0.4, 0.5) is 0 Å². The van der Waals surface area contributed by atoms with Crippen molar-refractivity contribution in [3.8, 4) is 0 Å². The molecule has 1 rings (SSSR count). The standard InChI is InChI=1S/C13H23NO2/c1-4-13(5-2,10-15)9-14-11(3)12-7-6-8-16-12/h6-8,11,14-15H,4-5,9-10H2,1-3H3/t11-/m0/s1. The summed E-state index contributed by atoms with van der Waals surface area (Å²) in [5.41, 5.74) is 0.000846. The maximum absolute atomic E-state index is 9.46. The zero-order chi connectivity index (χ0) is 12.0. The molecule has 0 saturated carbocycles. The van der Waals surface area contributed by atoms with Crippen LogP contribution < -0.4 is 5.32 Å². The number of aliphatic hydroxyl groups excluding tert-OH is 1. The highest BCUT2D eigenvalue weighted by molar-refractivity contribution is 5.03. The van der Waals surface area contributed by atoms with Crippen molar-refractivity contribution in [3.63, 3.8) is 0 Å². The molecule has 0 unspecified atom stereocenters. The van der Waals surface area contributed by atoms with E-state index in [0.717, 1.165) is 25.1 Å². The number of rotatable bonds is 7. The highest BCUT2D eigenvalue weighted by Gasteiger charge is 2.25. The van der Waals surface area contributed by atoms with Gasteiger partial charge in [0.2, 0.25) is 0 Å². The minimum absolute atomic E-state index is 0.000846. The van der Waals surface area contributed by atoms with E-state index in [-0.39, 0.29) is 18.1 Å². The smallest absolute Gasteiger partial charge is 0.120 e. The highest BCUT2D eigenvalue weighted by Crippen LogP contribution is 2.25. The topological polar surface area (TPSA) is 45.4 Å². The first-order valence-corrected chi connectivity index (χ1v) is 6.05. The van der Waals surface area contributed by atoms with Crippen LogP contribution in [0.2, 0.25) is 0 Å². The first-order chi connectivity index (χ1) is 7.67. The van der Waals surface area contributed by atoms with Crippen LogP contribution in [0.3, 0.4) is 0 Å². The summed E-state index contributed by atoms with van der Waals surface area (Å²) in [6.45, 7) is 7.38. The predicted molar refractivity (Wildman–Crippen MR) is 65.2 cm³/mol. The van der Waals surface area contributed by atoms with Gasteiger partial charge >= 0.3 is 0 Å². The van der Waals surface area contributed by atoms with Crippen LogP contribution in [0.25, 0.3) is 0 Å². The Morgan fingerprint density at radius 3 is 2.56 bits per heavy atom. The molecule has 3 nitrogen and oxygen atoms in total. The van der Waals surface area contributed by atoms with Crippen LogP contribution in [0.15, 0.2) is 22.8 Å². The molecule has 16 heavy (non-hydrogen) atoms. The lowest BCUT2D eigenvalue weighted by Crippen LogP contribution is -2.37. The van der Waals surface area contributed by atoms with Crippen molar-refractivity contribution in [1.29, 1.82) is 0 Å². The van der Waals surface area contributed by atoms with E-state index in [9.17, 15) is 5.11 Å². The molecule has 92 valence electrons. The molecule has 0 aliphatic carbocycles. The number of hydrogen-bond donors (Lipinski definition) is 2. The van der Waals surface area contributed by atoms with Gasteiger partial charge < -0.3 is 14.8 Å². The van der Waals surface area contributed by atoms with Crippen LogP contribution in [-0.2, 0) is 0 Å². The molecule has 1 heterocycles. The number of nitrogens with one attached hydrogen (secondary N) is 1. The molecule has 0 aromatic carbocycles. The fourth-order valence-corrected chi connectivity index (χ4v) is 1.79. The minimum atomic E-state index is 0.000846. The molecule has 0 aliphatic rings. The average Bonchev–Trinajstić information content (AvgIpc) is 2.85. The van der Waals surface area contributed by atoms with Crippen molar-refractivity contribution in [2.45, 2.75) is 39.7 Å². The molecular weight excluding hydrogens is 202 g/mol. The SMILES string of the molecule is CCC(CC)(CO)CN[C@@H](C)c1ccco1. The van der Waals surface area contributed by atoms with Gasteiger partial charge in [-0.15, -0.1) is 0 Å². The Morgan fingerprint density at radius 1 is 1.44 bits per heavy atom. The summed E-state index contributed by atoms with van der Waals surface area (Å²) in [7, 11) is 0. The van der Waals surface area contributed by atoms with E-state index in [1.807, 2.05) is 12.1 Å². The Hall–Kier alpha value is -0.800. The largest absolute Gasteiger partial charge is 0.468 e. The Morgan fingerprint density at radius 2 is 2.12 bits per heavy atom. The second kappa shape index (κ2) is 6.06. The van der Waals surface area contributed by atoms with E-state index in [4.69, 9.17) is 4.42 Å². The summed E-state index contributed by atoms with van der Waals surface area (Å²) in [5.74, 6) is 0.944. The fourth-order valence-electron chi connectivity index (χ4n) is 1.79. The summed E-state index contributed by atoms with van der Waals surface area (Å²) >= 11 is 0. The van der Waals surface area contributed by atoms with Crippen molar-refractivity contribution in [2.75, 3.05) is 13.2 Å². The first-order valence-electron chi connectivity index (χ1n) is 6.05. The van der Waals surface area contributed by atoms with E-state index in [1.54, 1.807) is 6.26 Å². The van der Waals surface area contributed by atoms with Crippen molar-refractivity contribution in [2.24, 2.45) is 5.41 Å². The monoisotopic (exact) mass is 225 g/mol. The van der Waals surface area contributed by atoms with Gasteiger partial charge in [0, 0.05) is 18.6 Å². The van der Waals surface area contributed by atoms with Crippen LogP contribution in [-0.4, -0.2) is 18.3 Å². The minimum Gasteiger partial charge on any atom is -0.468 e. The summed E-state index contributed by atoms with van der Waals surface area (Å²) in [4.78, 5) is 0. The molecule has 1 atom stereocenters.